The summed E-state index contributed by atoms with van der Waals surface area (Å²) in [5.41, 5.74) is 1.48. The Morgan fingerprint density at radius 2 is 1.69 bits per heavy atom. The number of hydrogen-bond donors (Lipinski definition) is 1. The fourth-order valence-corrected chi connectivity index (χ4v) is 6.48. The minimum absolute atomic E-state index is 0.0894. The highest BCUT2D eigenvalue weighted by Crippen LogP contribution is 2.60. The zero-order chi connectivity index (χ0) is 18.1. The lowest BCUT2D eigenvalue weighted by Crippen LogP contribution is -2.37. The molecule has 3 heteroatoms. The highest BCUT2D eigenvalue weighted by atomic mass is 35.5. The van der Waals surface area contributed by atoms with Crippen LogP contribution < -0.4 is 5.32 Å². The lowest BCUT2D eigenvalue weighted by Gasteiger charge is -2.45. The molecule has 0 bridgehead atoms. The van der Waals surface area contributed by atoms with Crippen molar-refractivity contribution in [2.24, 2.45) is 29.1 Å². The van der Waals surface area contributed by atoms with Gasteiger partial charge in [0.25, 0.3) is 0 Å². The van der Waals surface area contributed by atoms with Crippen LogP contribution in [-0.4, -0.2) is 5.91 Å². The third kappa shape index (κ3) is 3.54. The molecule has 4 rings (SSSR count). The van der Waals surface area contributed by atoms with Crippen molar-refractivity contribution in [3.05, 3.63) is 29.3 Å². The molecule has 0 aromatic heterocycles. The van der Waals surface area contributed by atoms with Crippen LogP contribution in [0.4, 0.5) is 5.69 Å². The predicted molar refractivity (Wildman–Crippen MR) is 108 cm³/mol. The first-order valence-corrected chi connectivity index (χ1v) is 11.0. The molecule has 142 valence electrons. The molecule has 1 spiro atoms. The Kier molecular flexibility index (Phi) is 5.32. The average molecular weight is 374 g/mol. The summed E-state index contributed by atoms with van der Waals surface area (Å²) in [4.78, 5) is 12.7. The maximum atomic E-state index is 12.7. The summed E-state index contributed by atoms with van der Waals surface area (Å²) in [5, 5.41) is 3.78. The number of fused-ring (bicyclic) bond motifs is 2. The van der Waals surface area contributed by atoms with Crippen molar-refractivity contribution in [1.82, 2.24) is 0 Å². The second-order valence-electron chi connectivity index (χ2n) is 9.17. The van der Waals surface area contributed by atoms with Gasteiger partial charge in [0.05, 0.1) is 0 Å². The number of benzene rings is 1. The zero-order valence-electron chi connectivity index (χ0n) is 16.0. The Balaban J connectivity index is 1.34. The molecule has 1 aromatic carbocycles. The van der Waals surface area contributed by atoms with Gasteiger partial charge < -0.3 is 5.32 Å². The number of hydrogen-bond acceptors (Lipinski definition) is 1. The van der Waals surface area contributed by atoms with E-state index in [0.29, 0.717) is 16.4 Å². The molecule has 3 aliphatic rings. The van der Waals surface area contributed by atoms with E-state index < -0.39 is 0 Å². The summed E-state index contributed by atoms with van der Waals surface area (Å²) >= 11 is 5.93. The fourth-order valence-electron chi connectivity index (χ4n) is 6.36. The Morgan fingerprint density at radius 3 is 2.42 bits per heavy atom. The van der Waals surface area contributed by atoms with Crippen LogP contribution in [0.15, 0.2) is 24.3 Å². The third-order valence-electron chi connectivity index (χ3n) is 7.97. The van der Waals surface area contributed by atoms with Gasteiger partial charge in [-0.3, -0.25) is 4.79 Å². The molecule has 3 unspecified atom stereocenters. The van der Waals surface area contributed by atoms with Gasteiger partial charge in [0, 0.05) is 16.6 Å². The number of carbonyl (C=O) groups excluding carboxylic acids is 1. The monoisotopic (exact) mass is 373 g/mol. The molecule has 3 aliphatic carbocycles. The SMILES string of the molecule is CC(C(=O)Nc1ccc(Cl)cc1)[C@H]1CC[C@@]2(CCC3CCCCC32)CC1. The second kappa shape index (κ2) is 7.54. The summed E-state index contributed by atoms with van der Waals surface area (Å²) in [5.74, 6) is 2.80. The summed E-state index contributed by atoms with van der Waals surface area (Å²) in [6.45, 7) is 2.12. The maximum Gasteiger partial charge on any atom is 0.227 e. The van der Waals surface area contributed by atoms with E-state index in [1.807, 2.05) is 24.3 Å². The first-order valence-electron chi connectivity index (χ1n) is 10.6. The highest BCUT2D eigenvalue weighted by Gasteiger charge is 2.50. The number of carbonyl (C=O) groups is 1. The van der Waals surface area contributed by atoms with Crippen LogP contribution in [0, 0.1) is 29.1 Å². The number of halogens is 1. The summed E-state index contributed by atoms with van der Waals surface area (Å²) in [7, 11) is 0. The minimum Gasteiger partial charge on any atom is -0.326 e. The van der Waals surface area contributed by atoms with Gasteiger partial charge in [-0.1, -0.05) is 37.8 Å². The van der Waals surface area contributed by atoms with E-state index in [0.717, 1.165) is 17.5 Å². The van der Waals surface area contributed by atoms with Gasteiger partial charge in [-0.25, -0.2) is 0 Å². The number of amides is 1. The molecule has 0 heterocycles. The first-order chi connectivity index (χ1) is 12.6. The zero-order valence-corrected chi connectivity index (χ0v) is 16.7. The second-order valence-corrected chi connectivity index (χ2v) is 9.61. The molecule has 0 aliphatic heterocycles. The maximum absolute atomic E-state index is 12.7. The molecular formula is C23H32ClNO. The summed E-state index contributed by atoms with van der Waals surface area (Å²) < 4.78 is 0. The Bertz CT molecular complexity index is 632. The summed E-state index contributed by atoms with van der Waals surface area (Å²) in [6, 6.07) is 7.41. The van der Waals surface area contributed by atoms with Crippen LogP contribution in [0.2, 0.25) is 5.02 Å². The Morgan fingerprint density at radius 1 is 1.04 bits per heavy atom. The predicted octanol–water partition coefficient (Wildman–Crippen LogP) is 6.69. The van der Waals surface area contributed by atoms with Crippen LogP contribution in [0.25, 0.3) is 0 Å². The van der Waals surface area contributed by atoms with Crippen molar-refractivity contribution < 1.29 is 4.79 Å². The standard InChI is InChI=1S/C23H32ClNO/c1-16(22(26)25-20-8-6-19(24)7-9-20)17-10-13-23(14-11-17)15-12-18-4-2-3-5-21(18)23/h6-9,16-18,21H,2-5,10-15H2,1H3,(H,25,26)/t16?,17-,18?,21?,23-. The van der Waals surface area contributed by atoms with Gasteiger partial charge in [-0.2, -0.15) is 0 Å². The average Bonchev–Trinajstić information content (AvgIpc) is 3.02. The molecular weight excluding hydrogens is 342 g/mol. The van der Waals surface area contributed by atoms with E-state index in [1.54, 1.807) is 0 Å². The molecule has 3 saturated carbocycles. The van der Waals surface area contributed by atoms with Crippen molar-refractivity contribution in [1.29, 1.82) is 0 Å². The fraction of sp³-hybridized carbons (Fsp3) is 0.696. The van der Waals surface area contributed by atoms with Gasteiger partial charge >= 0.3 is 0 Å². The van der Waals surface area contributed by atoms with Crippen molar-refractivity contribution in [3.63, 3.8) is 0 Å². The Hall–Kier alpha value is -1.02. The lowest BCUT2D eigenvalue weighted by atomic mass is 9.60. The lowest BCUT2D eigenvalue weighted by molar-refractivity contribution is -0.121. The number of nitrogens with one attached hydrogen (secondary N) is 1. The van der Waals surface area contributed by atoms with Crippen molar-refractivity contribution >= 4 is 23.2 Å². The van der Waals surface area contributed by atoms with Crippen LogP contribution in [0.3, 0.4) is 0 Å². The molecule has 0 saturated heterocycles. The van der Waals surface area contributed by atoms with E-state index in [9.17, 15) is 4.79 Å². The molecule has 2 nitrogen and oxygen atoms in total. The van der Waals surface area contributed by atoms with Gasteiger partial charge in [0.1, 0.15) is 0 Å². The van der Waals surface area contributed by atoms with E-state index in [4.69, 9.17) is 11.6 Å². The van der Waals surface area contributed by atoms with Crippen LogP contribution in [0.1, 0.15) is 71.1 Å². The topological polar surface area (TPSA) is 29.1 Å². The van der Waals surface area contributed by atoms with E-state index in [2.05, 4.69) is 12.2 Å². The summed E-state index contributed by atoms with van der Waals surface area (Å²) in [6.07, 6.45) is 14.0. The number of rotatable bonds is 3. The van der Waals surface area contributed by atoms with Gasteiger partial charge in [0.2, 0.25) is 5.91 Å². The van der Waals surface area contributed by atoms with Crippen molar-refractivity contribution in [2.45, 2.75) is 71.1 Å². The minimum atomic E-state index is 0.0894. The van der Waals surface area contributed by atoms with Crippen LogP contribution in [0.5, 0.6) is 0 Å². The van der Waals surface area contributed by atoms with Gasteiger partial charge in [0.15, 0.2) is 0 Å². The molecule has 1 amide bonds. The smallest absolute Gasteiger partial charge is 0.227 e. The largest absolute Gasteiger partial charge is 0.326 e. The van der Waals surface area contributed by atoms with Crippen LogP contribution in [-0.2, 0) is 4.79 Å². The molecule has 3 atom stereocenters. The first kappa shape index (κ1) is 18.3. The Labute approximate surface area is 163 Å². The van der Waals surface area contributed by atoms with Gasteiger partial charge in [-0.15, -0.1) is 0 Å². The van der Waals surface area contributed by atoms with E-state index >= 15 is 0 Å². The van der Waals surface area contributed by atoms with Crippen molar-refractivity contribution in [2.75, 3.05) is 5.32 Å². The third-order valence-corrected chi connectivity index (χ3v) is 8.22. The molecule has 3 fully saturated rings. The quantitative estimate of drug-likeness (QED) is 0.628. The number of anilines is 1. The normalized spacial score (nSPS) is 35.1. The van der Waals surface area contributed by atoms with E-state index in [1.165, 1.54) is 64.2 Å². The van der Waals surface area contributed by atoms with Gasteiger partial charge in [-0.05, 0) is 92.4 Å². The molecule has 1 N–H and O–H groups in total. The van der Waals surface area contributed by atoms with Crippen molar-refractivity contribution in [3.8, 4) is 0 Å². The van der Waals surface area contributed by atoms with Crippen LogP contribution >= 0.6 is 11.6 Å². The molecule has 26 heavy (non-hydrogen) atoms. The molecule has 0 radical (unpaired) electrons. The highest BCUT2D eigenvalue weighted by molar-refractivity contribution is 6.30. The molecule has 1 aromatic rings. The van der Waals surface area contributed by atoms with E-state index in [-0.39, 0.29) is 11.8 Å².